The van der Waals surface area contributed by atoms with Crippen molar-refractivity contribution in [2.24, 2.45) is 0 Å². The van der Waals surface area contributed by atoms with E-state index >= 15 is 0 Å². The molecule has 0 radical (unpaired) electrons. The van der Waals surface area contributed by atoms with Gasteiger partial charge >= 0.3 is 6.09 Å². The lowest BCUT2D eigenvalue weighted by Gasteiger charge is -2.37. The summed E-state index contributed by atoms with van der Waals surface area (Å²) in [5.41, 5.74) is 2.27. The van der Waals surface area contributed by atoms with Gasteiger partial charge < -0.3 is 9.64 Å². The molecule has 2 aromatic carbocycles. The number of hydrogen-bond donors (Lipinski definition) is 1. The fourth-order valence-corrected chi connectivity index (χ4v) is 3.50. The first-order valence-electron chi connectivity index (χ1n) is 8.83. The summed E-state index contributed by atoms with van der Waals surface area (Å²) >= 11 is 22.5. The van der Waals surface area contributed by atoms with Gasteiger partial charge in [-0.25, -0.2) is 4.79 Å². The summed E-state index contributed by atoms with van der Waals surface area (Å²) in [6, 6.07) is 14.1. The number of nitrogens with one attached hydrogen (secondary N) is 1. The molecule has 2 aromatic rings. The average molecular weight is 490 g/mol. The fraction of sp³-hybridized carbons (Fsp3) is 0.250. The molecule has 1 aliphatic rings. The highest BCUT2D eigenvalue weighted by Gasteiger charge is 2.39. The largest absolute Gasteiger partial charge is 0.435 e. The van der Waals surface area contributed by atoms with Crippen molar-refractivity contribution in [3.63, 3.8) is 0 Å². The van der Waals surface area contributed by atoms with E-state index in [1.165, 1.54) is 4.90 Å². The molecule has 1 unspecified atom stereocenters. The zero-order chi connectivity index (χ0) is 22.1. The van der Waals surface area contributed by atoms with Crippen molar-refractivity contribution < 1.29 is 19.1 Å². The average Bonchev–Trinajstić information content (AvgIpc) is 2.68. The number of fused-ring (bicyclic) bond motifs is 1. The van der Waals surface area contributed by atoms with Crippen LogP contribution in [0.5, 0.6) is 0 Å². The van der Waals surface area contributed by atoms with Crippen molar-refractivity contribution in [3.8, 4) is 0 Å². The maximum Gasteiger partial charge on any atom is 0.414 e. The Labute approximate surface area is 193 Å². The van der Waals surface area contributed by atoms with Gasteiger partial charge in [-0.2, -0.15) is 0 Å². The van der Waals surface area contributed by atoms with Crippen LogP contribution < -0.4 is 10.2 Å². The second-order valence-electron chi connectivity index (χ2n) is 6.62. The Morgan fingerprint density at radius 3 is 2.47 bits per heavy atom. The molecule has 1 aliphatic heterocycles. The van der Waals surface area contributed by atoms with E-state index < -0.39 is 27.8 Å². The lowest BCUT2D eigenvalue weighted by molar-refractivity contribution is -0.129. The Morgan fingerprint density at radius 2 is 1.83 bits per heavy atom. The SMILES string of the molecule is C[C@@H](c1ccccc1)N1C(=O)C(OC(=O)NC(=O)C(Cl)(Cl)Cl)Cc2ccc(Cl)cc21. The number of carbonyl (C=O) groups excluding carboxylic acids is 3. The van der Waals surface area contributed by atoms with E-state index in [1.807, 2.05) is 42.6 Å². The Hall–Kier alpha value is -1.99. The molecule has 0 saturated carbocycles. The quantitative estimate of drug-likeness (QED) is 0.616. The summed E-state index contributed by atoms with van der Waals surface area (Å²) in [5, 5.41) is 2.28. The van der Waals surface area contributed by atoms with Gasteiger partial charge in [-0.15, -0.1) is 0 Å². The van der Waals surface area contributed by atoms with Gasteiger partial charge in [0, 0.05) is 17.1 Å². The second kappa shape index (κ2) is 9.02. The highest BCUT2D eigenvalue weighted by atomic mass is 35.6. The third-order valence-corrected chi connectivity index (χ3v) is 5.37. The molecule has 0 fully saturated rings. The lowest BCUT2D eigenvalue weighted by atomic mass is 9.95. The molecule has 0 aliphatic carbocycles. The smallest absolute Gasteiger partial charge is 0.414 e. The Bertz CT molecular complexity index is 979. The number of hydrogen-bond acceptors (Lipinski definition) is 4. The van der Waals surface area contributed by atoms with Gasteiger partial charge in [-0.3, -0.25) is 14.9 Å². The lowest BCUT2D eigenvalue weighted by Crippen LogP contribution is -2.49. The molecular weight excluding hydrogens is 474 g/mol. The molecule has 158 valence electrons. The third-order valence-electron chi connectivity index (χ3n) is 4.62. The number of carbonyl (C=O) groups is 3. The van der Waals surface area contributed by atoms with Gasteiger partial charge in [-0.05, 0) is 30.2 Å². The van der Waals surface area contributed by atoms with Gasteiger partial charge in [0.1, 0.15) is 0 Å². The van der Waals surface area contributed by atoms with E-state index in [2.05, 4.69) is 0 Å². The van der Waals surface area contributed by atoms with E-state index in [0.29, 0.717) is 10.7 Å². The standard InChI is InChI=1S/C20H16Cl4N2O4/c1-11(12-5-3-2-4-6-12)26-15-10-14(21)8-7-13(15)9-16(17(26)27)30-19(29)25-18(28)20(22,23)24/h2-8,10-11,16H,9H2,1H3,(H,25,28,29)/t11-,16?/m0/s1. The van der Waals surface area contributed by atoms with Crippen LogP contribution in [0.25, 0.3) is 0 Å². The predicted molar refractivity (Wildman–Crippen MR) is 116 cm³/mol. The molecule has 0 saturated heterocycles. The number of benzene rings is 2. The minimum Gasteiger partial charge on any atom is -0.435 e. The molecule has 2 atom stereocenters. The van der Waals surface area contributed by atoms with Crippen molar-refractivity contribution in [2.45, 2.75) is 29.3 Å². The minimum absolute atomic E-state index is 0.110. The minimum atomic E-state index is -2.34. The van der Waals surface area contributed by atoms with Crippen molar-refractivity contribution in [1.82, 2.24) is 5.32 Å². The number of imide groups is 1. The number of rotatable bonds is 3. The van der Waals surface area contributed by atoms with E-state index in [4.69, 9.17) is 51.1 Å². The van der Waals surface area contributed by atoms with Crippen LogP contribution in [0.1, 0.15) is 24.1 Å². The molecule has 30 heavy (non-hydrogen) atoms. The van der Waals surface area contributed by atoms with Crippen molar-refractivity contribution in [3.05, 3.63) is 64.7 Å². The van der Waals surface area contributed by atoms with Gasteiger partial charge in [0.25, 0.3) is 15.6 Å². The molecule has 0 aromatic heterocycles. The number of anilines is 1. The number of nitrogens with zero attached hydrogens (tertiary/aromatic N) is 1. The highest BCUT2D eigenvalue weighted by Crippen LogP contribution is 2.37. The molecule has 0 spiro atoms. The molecule has 3 rings (SSSR count). The molecule has 6 nitrogen and oxygen atoms in total. The van der Waals surface area contributed by atoms with Crippen LogP contribution in [0.4, 0.5) is 10.5 Å². The Morgan fingerprint density at radius 1 is 1.17 bits per heavy atom. The monoisotopic (exact) mass is 488 g/mol. The number of amides is 3. The van der Waals surface area contributed by atoms with Gasteiger partial charge in [0.15, 0.2) is 6.10 Å². The van der Waals surface area contributed by atoms with Gasteiger partial charge in [-0.1, -0.05) is 82.8 Å². The van der Waals surface area contributed by atoms with E-state index in [-0.39, 0.29) is 12.5 Å². The zero-order valence-electron chi connectivity index (χ0n) is 15.6. The normalized spacial score (nSPS) is 17.2. The van der Waals surface area contributed by atoms with Crippen LogP contribution in [-0.4, -0.2) is 27.8 Å². The second-order valence-corrected chi connectivity index (χ2v) is 9.34. The number of alkyl halides is 3. The summed E-state index contributed by atoms with van der Waals surface area (Å²) in [4.78, 5) is 38.5. The van der Waals surface area contributed by atoms with Crippen LogP contribution in [0.15, 0.2) is 48.5 Å². The van der Waals surface area contributed by atoms with Crippen molar-refractivity contribution >= 4 is 70.0 Å². The van der Waals surface area contributed by atoms with Crippen LogP contribution in [0.2, 0.25) is 5.02 Å². The van der Waals surface area contributed by atoms with Crippen LogP contribution in [0, 0.1) is 0 Å². The summed E-state index contributed by atoms with van der Waals surface area (Å²) in [5.74, 6) is -1.64. The number of ether oxygens (including phenoxy) is 1. The molecule has 1 N–H and O–H groups in total. The molecule has 0 bridgehead atoms. The Balaban J connectivity index is 1.89. The van der Waals surface area contributed by atoms with Crippen LogP contribution in [0.3, 0.4) is 0 Å². The number of halogens is 4. The topological polar surface area (TPSA) is 75.7 Å². The summed E-state index contributed by atoms with van der Waals surface area (Å²) in [6.07, 6.45) is -2.25. The van der Waals surface area contributed by atoms with Crippen molar-refractivity contribution in [2.75, 3.05) is 4.90 Å². The fourth-order valence-electron chi connectivity index (χ4n) is 3.19. The van der Waals surface area contributed by atoms with Crippen LogP contribution in [-0.2, 0) is 20.7 Å². The Kier molecular flexibility index (Phi) is 6.82. The first-order chi connectivity index (χ1) is 14.1. The summed E-state index contributed by atoms with van der Waals surface area (Å²) in [6.45, 7) is 1.85. The predicted octanol–water partition coefficient (Wildman–Crippen LogP) is 4.98. The zero-order valence-corrected chi connectivity index (χ0v) is 18.6. The van der Waals surface area contributed by atoms with Crippen molar-refractivity contribution in [1.29, 1.82) is 0 Å². The maximum absolute atomic E-state index is 13.2. The molecular formula is C20H16Cl4N2O4. The summed E-state index contributed by atoms with van der Waals surface area (Å²) < 4.78 is 2.86. The van der Waals surface area contributed by atoms with Crippen LogP contribution >= 0.6 is 46.4 Å². The van der Waals surface area contributed by atoms with E-state index in [0.717, 1.165) is 11.1 Å². The summed E-state index contributed by atoms with van der Waals surface area (Å²) in [7, 11) is 0. The number of alkyl carbamates (subject to hydrolysis) is 1. The molecule has 3 amide bonds. The van der Waals surface area contributed by atoms with E-state index in [9.17, 15) is 14.4 Å². The molecule has 1 heterocycles. The van der Waals surface area contributed by atoms with E-state index in [1.54, 1.807) is 18.2 Å². The molecule has 10 heteroatoms. The highest BCUT2D eigenvalue weighted by molar-refractivity contribution is 6.76. The first kappa shape index (κ1) is 22.7. The maximum atomic E-state index is 13.2. The van der Waals surface area contributed by atoms with Gasteiger partial charge in [0.05, 0.1) is 6.04 Å². The first-order valence-corrected chi connectivity index (χ1v) is 10.3. The third kappa shape index (κ3) is 5.01. The van der Waals surface area contributed by atoms with Gasteiger partial charge in [0.2, 0.25) is 0 Å².